The maximum atomic E-state index is 13.2. The summed E-state index contributed by atoms with van der Waals surface area (Å²) < 4.78 is 37.6. The number of hydrogen-bond acceptors (Lipinski definition) is 6. The lowest BCUT2D eigenvalue weighted by molar-refractivity contribution is -0.113. The number of sulfonamides is 1. The van der Waals surface area contributed by atoms with Gasteiger partial charge in [-0.25, -0.2) is 13.3 Å². The molecule has 9 heteroatoms. The van der Waals surface area contributed by atoms with E-state index in [0.29, 0.717) is 30.9 Å². The van der Waals surface area contributed by atoms with Crippen LogP contribution in [0.4, 0.5) is 5.69 Å². The van der Waals surface area contributed by atoms with Crippen LogP contribution >= 0.6 is 0 Å². The summed E-state index contributed by atoms with van der Waals surface area (Å²) in [5, 5.41) is 0. The van der Waals surface area contributed by atoms with Gasteiger partial charge in [0, 0.05) is 24.2 Å². The van der Waals surface area contributed by atoms with E-state index in [4.69, 9.17) is 9.47 Å². The second-order valence-electron chi connectivity index (χ2n) is 6.99. The number of fused-ring (bicyclic) bond motifs is 1. The first kappa shape index (κ1) is 21.2. The van der Waals surface area contributed by atoms with E-state index in [-0.39, 0.29) is 29.2 Å². The quantitative estimate of drug-likeness (QED) is 0.401. The van der Waals surface area contributed by atoms with Gasteiger partial charge in [-0.3, -0.25) is 9.59 Å². The van der Waals surface area contributed by atoms with Gasteiger partial charge in [0.15, 0.2) is 0 Å². The molecule has 0 radical (unpaired) electrons. The number of ether oxygens (including phenoxy) is 2. The Morgan fingerprint density at radius 2 is 1.61 bits per heavy atom. The Hall–Kier alpha value is -3.01. The Kier molecular flexibility index (Phi) is 5.90. The Bertz CT molecular complexity index is 1130. The third kappa shape index (κ3) is 3.87. The fourth-order valence-electron chi connectivity index (χ4n) is 3.57. The van der Waals surface area contributed by atoms with E-state index < -0.39 is 21.8 Å². The number of anilines is 1. The molecule has 0 N–H and O–H groups in total. The van der Waals surface area contributed by atoms with Crippen LogP contribution in [0, 0.1) is 0 Å². The second-order valence-corrected chi connectivity index (χ2v) is 8.93. The monoisotopic (exact) mass is 442 g/mol. The van der Waals surface area contributed by atoms with E-state index in [1.165, 1.54) is 34.8 Å². The minimum Gasteiger partial charge on any atom is -0.501 e. The van der Waals surface area contributed by atoms with Gasteiger partial charge in [0.2, 0.25) is 10.0 Å². The zero-order valence-corrected chi connectivity index (χ0v) is 17.8. The summed E-state index contributed by atoms with van der Waals surface area (Å²) in [6.07, 6.45) is 1.36. The smallest absolute Gasteiger partial charge is 0.269 e. The van der Waals surface area contributed by atoms with Crippen LogP contribution < -0.4 is 4.90 Å². The van der Waals surface area contributed by atoms with E-state index >= 15 is 0 Å². The van der Waals surface area contributed by atoms with Gasteiger partial charge in [0.25, 0.3) is 11.8 Å². The number of nitrogens with zero attached hydrogens (tertiary/aromatic N) is 2. The van der Waals surface area contributed by atoms with Crippen LogP contribution in [0.1, 0.15) is 22.8 Å². The number of rotatable bonds is 5. The summed E-state index contributed by atoms with van der Waals surface area (Å²) in [6, 6.07) is 12.6. The summed E-state index contributed by atoms with van der Waals surface area (Å²) in [7, 11) is -3.67. The Morgan fingerprint density at radius 3 is 2.26 bits per heavy atom. The molecule has 0 aromatic heterocycles. The number of amides is 2. The van der Waals surface area contributed by atoms with Gasteiger partial charge in [-0.15, -0.1) is 0 Å². The molecule has 2 aromatic rings. The number of imide groups is 1. The van der Waals surface area contributed by atoms with Gasteiger partial charge in [-0.2, -0.15) is 4.31 Å². The molecule has 8 nitrogen and oxygen atoms in total. The van der Waals surface area contributed by atoms with Crippen molar-refractivity contribution in [3.05, 3.63) is 65.9 Å². The highest BCUT2D eigenvalue weighted by atomic mass is 32.2. The third-order valence-corrected chi connectivity index (χ3v) is 7.07. The number of carbonyl (C=O) groups is 2. The van der Waals surface area contributed by atoms with Crippen molar-refractivity contribution in [3.8, 4) is 0 Å². The first-order valence-electron chi connectivity index (χ1n) is 9.93. The van der Waals surface area contributed by atoms with Gasteiger partial charge in [-0.1, -0.05) is 18.2 Å². The predicted octanol–water partition coefficient (Wildman–Crippen LogP) is 2.27. The van der Waals surface area contributed by atoms with Crippen molar-refractivity contribution in [3.63, 3.8) is 0 Å². The van der Waals surface area contributed by atoms with E-state index in [1.807, 2.05) is 0 Å². The first-order chi connectivity index (χ1) is 14.9. The van der Waals surface area contributed by atoms with Crippen molar-refractivity contribution in [2.24, 2.45) is 0 Å². The largest absolute Gasteiger partial charge is 0.501 e. The van der Waals surface area contributed by atoms with Crippen molar-refractivity contribution in [1.29, 1.82) is 0 Å². The highest BCUT2D eigenvalue weighted by molar-refractivity contribution is 7.89. The maximum absolute atomic E-state index is 13.2. The van der Waals surface area contributed by atoms with Gasteiger partial charge in [0.05, 0.1) is 42.2 Å². The van der Waals surface area contributed by atoms with Crippen molar-refractivity contribution >= 4 is 33.1 Å². The Labute approximate surface area is 180 Å². The number of hydrogen-bond donors (Lipinski definition) is 0. The van der Waals surface area contributed by atoms with E-state index in [9.17, 15) is 18.0 Å². The van der Waals surface area contributed by atoms with Crippen molar-refractivity contribution in [2.45, 2.75) is 11.8 Å². The SMILES string of the molecule is CCOC=C1C(=O)N(c2ccc(S(=O)(=O)N3CCOCC3)cc2)C(=O)c2ccccc21. The molecule has 0 atom stereocenters. The van der Waals surface area contributed by atoms with Crippen LogP contribution in [0.15, 0.2) is 59.7 Å². The van der Waals surface area contributed by atoms with Crippen LogP contribution in [-0.4, -0.2) is 57.4 Å². The zero-order chi connectivity index (χ0) is 22.0. The molecule has 31 heavy (non-hydrogen) atoms. The molecule has 1 fully saturated rings. The predicted molar refractivity (Wildman–Crippen MR) is 114 cm³/mol. The van der Waals surface area contributed by atoms with Crippen LogP contribution in [0.25, 0.3) is 5.57 Å². The summed E-state index contributed by atoms with van der Waals surface area (Å²) >= 11 is 0. The summed E-state index contributed by atoms with van der Waals surface area (Å²) in [5.74, 6) is -1.00. The molecule has 0 saturated carbocycles. The minimum atomic E-state index is -3.67. The van der Waals surface area contributed by atoms with E-state index in [1.54, 1.807) is 31.2 Å². The fraction of sp³-hybridized carbons (Fsp3) is 0.273. The van der Waals surface area contributed by atoms with Crippen LogP contribution in [0.5, 0.6) is 0 Å². The molecule has 0 aliphatic carbocycles. The standard InChI is InChI=1S/C22H22N2O6S/c1-2-29-15-20-18-5-3-4-6-19(18)21(25)24(22(20)26)16-7-9-17(10-8-16)31(27,28)23-11-13-30-14-12-23/h3-10,15H,2,11-14H2,1H3. The molecule has 162 valence electrons. The number of morpholine rings is 1. The van der Waals surface area contributed by atoms with Crippen molar-refractivity contribution in [1.82, 2.24) is 4.31 Å². The summed E-state index contributed by atoms with van der Waals surface area (Å²) in [6.45, 7) is 3.45. The summed E-state index contributed by atoms with van der Waals surface area (Å²) in [5.41, 5.74) is 1.43. The normalized spacial score (nSPS) is 18.9. The average Bonchev–Trinajstić information content (AvgIpc) is 2.80. The van der Waals surface area contributed by atoms with Crippen LogP contribution in [0.3, 0.4) is 0 Å². The molecule has 2 aromatic carbocycles. The molecule has 2 aliphatic rings. The molecule has 2 heterocycles. The van der Waals surface area contributed by atoms with Crippen LogP contribution in [-0.2, 0) is 24.3 Å². The van der Waals surface area contributed by atoms with E-state index in [2.05, 4.69) is 0 Å². The number of benzene rings is 2. The lowest BCUT2D eigenvalue weighted by atomic mass is 9.94. The molecule has 0 bridgehead atoms. The maximum Gasteiger partial charge on any atom is 0.269 e. The van der Waals surface area contributed by atoms with Crippen molar-refractivity contribution in [2.75, 3.05) is 37.8 Å². The molecular weight excluding hydrogens is 420 g/mol. The topological polar surface area (TPSA) is 93.2 Å². The first-order valence-corrected chi connectivity index (χ1v) is 11.4. The average molecular weight is 442 g/mol. The lowest BCUT2D eigenvalue weighted by Gasteiger charge is -2.29. The number of carbonyl (C=O) groups excluding carboxylic acids is 2. The van der Waals surface area contributed by atoms with Gasteiger partial charge >= 0.3 is 0 Å². The Morgan fingerprint density at radius 1 is 0.968 bits per heavy atom. The highest BCUT2D eigenvalue weighted by Gasteiger charge is 2.36. The van der Waals surface area contributed by atoms with Crippen molar-refractivity contribution < 1.29 is 27.5 Å². The molecule has 0 unspecified atom stereocenters. The Balaban J connectivity index is 1.69. The molecular formula is C22H22N2O6S. The van der Waals surface area contributed by atoms with Gasteiger partial charge < -0.3 is 9.47 Å². The molecule has 2 aliphatic heterocycles. The van der Waals surface area contributed by atoms with Gasteiger partial charge in [-0.05, 0) is 37.3 Å². The fourth-order valence-corrected chi connectivity index (χ4v) is 4.98. The summed E-state index contributed by atoms with van der Waals surface area (Å²) in [4.78, 5) is 27.4. The van der Waals surface area contributed by atoms with Gasteiger partial charge in [0.1, 0.15) is 0 Å². The van der Waals surface area contributed by atoms with E-state index in [0.717, 1.165) is 4.90 Å². The highest BCUT2D eigenvalue weighted by Crippen LogP contribution is 2.32. The minimum absolute atomic E-state index is 0.0977. The second kappa shape index (κ2) is 8.62. The molecule has 1 saturated heterocycles. The lowest BCUT2D eigenvalue weighted by Crippen LogP contribution is -2.42. The zero-order valence-electron chi connectivity index (χ0n) is 17.0. The molecule has 0 spiro atoms. The molecule has 4 rings (SSSR count). The molecule has 2 amide bonds. The van der Waals surface area contributed by atoms with Crippen LogP contribution in [0.2, 0.25) is 0 Å². The third-order valence-electron chi connectivity index (χ3n) is 5.15.